The van der Waals surface area contributed by atoms with E-state index in [1.54, 1.807) is 32.4 Å². The van der Waals surface area contributed by atoms with Crippen molar-refractivity contribution in [3.63, 3.8) is 0 Å². The Bertz CT molecular complexity index is 983. The van der Waals surface area contributed by atoms with Gasteiger partial charge in [0.1, 0.15) is 11.3 Å². The van der Waals surface area contributed by atoms with Crippen LogP contribution < -0.4 is 20.7 Å². The highest BCUT2D eigenvalue weighted by Crippen LogP contribution is 2.31. The fraction of sp³-hybridized carbons (Fsp3) is 0.267. The third-order valence-corrected chi connectivity index (χ3v) is 3.61. The third-order valence-electron chi connectivity index (χ3n) is 3.61. The summed E-state index contributed by atoms with van der Waals surface area (Å²) in [6, 6.07) is 5.29. The second kappa shape index (κ2) is 5.64. The largest absolute Gasteiger partial charge is 0.493 e. The molecule has 8 heteroatoms. The van der Waals surface area contributed by atoms with Gasteiger partial charge in [0.2, 0.25) is 0 Å². The molecule has 0 aliphatic heterocycles. The average molecular weight is 316 g/mol. The molecule has 0 unspecified atom stereocenters. The first kappa shape index (κ1) is 14.9. The van der Waals surface area contributed by atoms with Gasteiger partial charge in [0.05, 0.1) is 14.2 Å². The summed E-state index contributed by atoms with van der Waals surface area (Å²) in [5, 5.41) is 0. The minimum absolute atomic E-state index is 0.260. The molecule has 0 atom stereocenters. The first-order valence-corrected chi connectivity index (χ1v) is 7.04. The Morgan fingerprint density at radius 1 is 1.13 bits per heavy atom. The molecule has 1 aromatic carbocycles. The SMILES string of the molecule is CCn1c(=O)[nH]c(=O)c2[nH]c(-c3ccc(OC)c(OC)c3)nc21. The first-order valence-electron chi connectivity index (χ1n) is 7.04. The van der Waals surface area contributed by atoms with Crippen LogP contribution in [0.4, 0.5) is 0 Å². The van der Waals surface area contributed by atoms with Gasteiger partial charge in [-0.1, -0.05) is 0 Å². The number of aromatic amines is 2. The molecule has 23 heavy (non-hydrogen) atoms. The quantitative estimate of drug-likeness (QED) is 0.751. The highest BCUT2D eigenvalue weighted by Gasteiger charge is 2.14. The van der Waals surface area contributed by atoms with E-state index < -0.39 is 11.2 Å². The molecule has 0 fully saturated rings. The normalized spacial score (nSPS) is 10.9. The number of benzene rings is 1. The molecule has 3 aromatic rings. The van der Waals surface area contributed by atoms with Crippen LogP contribution in [0.15, 0.2) is 27.8 Å². The summed E-state index contributed by atoms with van der Waals surface area (Å²) in [5.74, 6) is 1.61. The minimum atomic E-state index is -0.492. The van der Waals surface area contributed by atoms with Gasteiger partial charge in [-0.05, 0) is 25.1 Å². The second-order valence-electron chi connectivity index (χ2n) is 4.86. The molecule has 0 amide bonds. The van der Waals surface area contributed by atoms with Gasteiger partial charge >= 0.3 is 5.69 Å². The molecular formula is C15H16N4O4. The lowest BCUT2D eigenvalue weighted by Crippen LogP contribution is -2.29. The molecule has 0 bridgehead atoms. The zero-order valence-corrected chi connectivity index (χ0v) is 13.0. The topological polar surface area (TPSA) is 102 Å². The van der Waals surface area contributed by atoms with Gasteiger partial charge in [0.15, 0.2) is 17.1 Å². The highest BCUT2D eigenvalue weighted by molar-refractivity contribution is 5.76. The maximum absolute atomic E-state index is 12.0. The number of nitrogens with zero attached hydrogens (tertiary/aromatic N) is 2. The fourth-order valence-electron chi connectivity index (χ4n) is 2.45. The van der Waals surface area contributed by atoms with Crippen LogP contribution in [0.3, 0.4) is 0 Å². The summed E-state index contributed by atoms with van der Waals surface area (Å²) in [6.45, 7) is 2.21. The molecule has 0 radical (unpaired) electrons. The van der Waals surface area contributed by atoms with E-state index in [0.29, 0.717) is 35.1 Å². The Hall–Kier alpha value is -3.03. The highest BCUT2D eigenvalue weighted by atomic mass is 16.5. The lowest BCUT2D eigenvalue weighted by Gasteiger charge is -2.08. The van der Waals surface area contributed by atoms with Crippen molar-refractivity contribution in [3.05, 3.63) is 39.0 Å². The number of ether oxygens (including phenoxy) is 2. The van der Waals surface area contributed by atoms with E-state index in [0.717, 1.165) is 0 Å². The van der Waals surface area contributed by atoms with E-state index in [2.05, 4.69) is 15.0 Å². The van der Waals surface area contributed by atoms with Crippen molar-refractivity contribution >= 4 is 11.2 Å². The van der Waals surface area contributed by atoms with E-state index in [4.69, 9.17) is 9.47 Å². The van der Waals surface area contributed by atoms with Crippen LogP contribution >= 0.6 is 0 Å². The van der Waals surface area contributed by atoms with Crippen LogP contribution in [0.5, 0.6) is 11.5 Å². The smallest absolute Gasteiger partial charge is 0.330 e. The lowest BCUT2D eigenvalue weighted by atomic mass is 10.2. The molecular weight excluding hydrogens is 300 g/mol. The van der Waals surface area contributed by atoms with Crippen LogP contribution in [0.1, 0.15) is 6.92 Å². The van der Waals surface area contributed by atoms with Crippen LogP contribution in [0.25, 0.3) is 22.6 Å². The predicted molar refractivity (Wildman–Crippen MR) is 85.2 cm³/mol. The van der Waals surface area contributed by atoms with E-state index >= 15 is 0 Å². The second-order valence-corrected chi connectivity index (χ2v) is 4.86. The number of imidazole rings is 1. The number of rotatable bonds is 4. The van der Waals surface area contributed by atoms with E-state index in [9.17, 15) is 9.59 Å². The van der Waals surface area contributed by atoms with Crippen molar-refractivity contribution in [2.75, 3.05) is 14.2 Å². The number of hydrogen-bond donors (Lipinski definition) is 2. The Balaban J connectivity index is 2.24. The van der Waals surface area contributed by atoms with Crippen molar-refractivity contribution < 1.29 is 9.47 Å². The molecule has 0 saturated carbocycles. The Labute approximate surface area is 130 Å². The van der Waals surface area contributed by atoms with Crippen LogP contribution in [0, 0.1) is 0 Å². The zero-order valence-electron chi connectivity index (χ0n) is 13.0. The Kier molecular flexibility index (Phi) is 3.65. The fourth-order valence-corrected chi connectivity index (χ4v) is 2.45. The van der Waals surface area contributed by atoms with Crippen molar-refractivity contribution in [3.8, 4) is 22.9 Å². The molecule has 3 rings (SSSR count). The van der Waals surface area contributed by atoms with Gasteiger partial charge in [-0.15, -0.1) is 0 Å². The third kappa shape index (κ3) is 2.37. The van der Waals surface area contributed by atoms with Crippen molar-refractivity contribution in [2.24, 2.45) is 0 Å². The lowest BCUT2D eigenvalue weighted by molar-refractivity contribution is 0.355. The summed E-state index contributed by atoms with van der Waals surface area (Å²) in [6.07, 6.45) is 0. The number of aromatic nitrogens is 4. The maximum Gasteiger partial charge on any atom is 0.330 e. The number of aryl methyl sites for hydroxylation is 1. The van der Waals surface area contributed by atoms with Gasteiger partial charge in [-0.2, -0.15) is 0 Å². The summed E-state index contributed by atoms with van der Waals surface area (Å²) in [7, 11) is 3.10. The molecule has 2 N–H and O–H groups in total. The molecule has 2 heterocycles. The predicted octanol–water partition coefficient (Wildman–Crippen LogP) is 1.12. The van der Waals surface area contributed by atoms with Gasteiger partial charge in [0, 0.05) is 12.1 Å². The number of methoxy groups -OCH3 is 2. The van der Waals surface area contributed by atoms with E-state index in [1.165, 1.54) is 4.57 Å². The molecule has 0 aliphatic rings. The van der Waals surface area contributed by atoms with Crippen molar-refractivity contribution in [1.29, 1.82) is 0 Å². The molecule has 120 valence electrons. The number of nitrogens with one attached hydrogen (secondary N) is 2. The molecule has 0 aliphatic carbocycles. The minimum Gasteiger partial charge on any atom is -0.493 e. The van der Waals surface area contributed by atoms with Crippen LogP contribution in [-0.2, 0) is 6.54 Å². The van der Waals surface area contributed by atoms with E-state index in [1.807, 2.05) is 6.92 Å². The summed E-state index contributed by atoms with van der Waals surface area (Å²) < 4.78 is 11.9. The number of H-pyrrole nitrogens is 2. The van der Waals surface area contributed by atoms with Crippen LogP contribution in [0.2, 0.25) is 0 Å². The van der Waals surface area contributed by atoms with Crippen molar-refractivity contribution in [2.45, 2.75) is 13.5 Å². The number of hydrogen-bond acceptors (Lipinski definition) is 5. The Morgan fingerprint density at radius 2 is 1.87 bits per heavy atom. The van der Waals surface area contributed by atoms with E-state index in [-0.39, 0.29) is 5.52 Å². The summed E-state index contributed by atoms with van der Waals surface area (Å²) in [4.78, 5) is 33.4. The van der Waals surface area contributed by atoms with Gasteiger partial charge in [-0.25, -0.2) is 9.78 Å². The molecule has 0 spiro atoms. The molecule has 0 saturated heterocycles. The van der Waals surface area contributed by atoms with Gasteiger partial charge < -0.3 is 14.5 Å². The monoisotopic (exact) mass is 316 g/mol. The van der Waals surface area contributed by atoms with Gasteiger partial charge in [-0.3, -0.25) is 14.3 Å². The number of fused-ring (bicyclic) bond motifs is 1. The molecule has 2 aromatic heterocycles. The maximum atomic E-state index is 12.0. The standard InChI is InChI=1S/C15H16N4O4/c1-4-19-13-11(14(20)18-15(19)21)16-12(17-13)8-5-6-9(22-2)10(7-8)23-3/h5-7H,4H2,1-3H3,(H,16,17)(H,18,20,21). The average Bonchev–Trinajstić information content (AvgIpc) is 3.00. The summed E-state index contributed by atoms with van der Waals surface area (Å²) >= 11 is 0. The molecule has 8 nitrogen and oxygen atoms in total. The Morgan fingerprint density at radius 3 is 2.52 bits per heavy atom. The van der Waals surface area contributed by atoms with Crippen molar-refractivity contribution in [1.82, 2.24) is 19.5 Å². The van der Waals surface area contributed by atoms with Gasteiger partial charge in [0.25, 0.3) is 5.56 Å². The van der Waals surface area contributed by atoms with Crippen LogP contribution in [-0.4, -0.2) is 33.7 Å². The summed E-state index contributed by atoms with van der Waals surface area (Å²) in [5.41, 5.74) is 0.333. The zero-order chi connectivity index (χ0) is 16.6. The first-order chi connectivity index (χ1) is 11.1.